The summed E-state index contributed by atoms with van der Waals surface area (Å²) in [6.45, 7) is 3.75. The number of amides is 3. The van der Waals surface area contributed by atoms with Crippen LogP contribution in [0.5, 0.6) is 0 Å². The summed E-state index contributed by atoms with van der Waals surface area (Å²) in [5.41, 5.74) is -0.724. The van der Waals surface area contributed by atoms with Crippen LogP contribution in [0.4, 0.5) is 4.79 Å². The molecule has 4 atom stereocenters. The van der Waals surface area contributed by atoms with Crippen LogP contribution in [-0.4, -0.2) is 50.4 Å². The average molecular weight is 369 g/mol. The average Bonchev–Trinajstić information content (AvgIpc) is 2.99. The number of aliphatic hydroxyl groups is 1. The normalized spacial score (nSPS) is 36.0. The van der Waals surface area contributed by atoms with Gasteiger partial charge in [-0.2, -0.15) is 0 Å². The molecule has 0 unspecified atom stereocenters. The number of hydrogen-bond acceptors (Lipinski definition) is 3. The van der Waals surface area contributed by atoms with Crippen molar-refractivity contribution in [2.45, 2.75) is 50.2 Å². The van der Waals surface area contributed by atoms with Crippen molar-refractivity contribution in [1.82, 2.24) is 20.1 Å². The number of carbonyl (C=O) groups is 2. The topological polar surface area (TPSA) is 86.6 Å². The van der Waals surface area contributed by atoms with Crippen LogP contribution in [0, 0.1) is 0 Å². The Kier molecular flexibility index (Phi) is 2.73. The van der Waals surface area contributed by atoms with Crippen molar-refractivity contribution in [3.8, 4) is 0 Å². The van der Waals surface area contributed by atoms with E-state index in [1.165, 1.54) is 4.90 Å². The second kappa shape index (κ2) is 4.26. The highest BCUT2D eigenvalue weighted by Crippen LogP contribution is 2.47. The molecular weight excluding hydrogens is 352 g/mol. The third-order valence-corrected chi connectivity index (χ3v) is 5.59. The van der Waals surface area contributed by atoms with Crippen molar-refractivity contribution < 1.29 is 14.7 Å². The van der Waals surface area contributed by atoms with Crippen molar-refractivity contribution in [1.29, 1.82) is 0 Å². The van der Waals surface area contributed by atoms with Crippen LogP contribution in [0.2, 0.25) is 0 Å². The van der Waals surface area contributed by atoms with Gasteiger partial charge in [-0.15, -0.1) is 0 Å². The second-order valence-corrected chi connectivity index (χ2v) is 7.26. The van der Waals surface area contributed by atoms with Gasteiger partial charge in [0.25, 0.3) is 5.91 Å². The van der Waals surface area contributed by atoms with Crippen LogP contribution in [0.3, 0.4) is 0 Å². The molecule has 1 aliphatic carbocycles. The van der Waals surface area contributed by atoms with E-state index in [0.29, 0.717) is 12.1 Å². The lowest BCUT2D eigenvalue weighted by Crippen LogP contribution is -2.57. The summed E-state index contributed by atoms with van der Waals surface area (Å²) in [5, 5.41) is 17.0. The highest BCUT2D eigenvalue weighted by Gasteiger charge is 2.64. The number of nitrogens with zero attached hydrogens (tertiary/aromatic N) is 2. The van der Waals surface area contributed by atoms with Gasteiger partial charge >= 0.3 is 6.03 Å². The Morgan fingerprint density at radius 3 is 2.77 bits per heavy atom. The lowest BCUT2D eigenvalue weighted by Gasteiger charge is -2.34. The maximum atomic E-state index is 12.3. The van der Waals surface area contributed by atoms with Crippen molar-refractivity contribution in [3.63, 3.8) is 0 Å². The van der Waals surface area contributed by atoms with Gasteiger partial charge in [0.05, 0.1) is 16.7 Å². The largest absolute Gasteiger partial charge is 0.368 e. The molecule has 1 aromatic heterocycles. The summed E-state index contributed by atoms with van der Waals surface area (Å²) in [6, 6.07) is 2.22. The quantitative estimate of drug-likeness (QED) is 0.685. The number of urea groups is 1. The van der Waals surface area contributed by atoms with E-state index in [4.69, 9.17) is 0 Å². The lowest BCUT2D eigenvalue weighted by atomic mass is 10.0. The van der Waals surface area contributed by atoms with Crippen LogP contribution in [0.1, 0.15) is 36.8 Å². The first-order valence-electron chi connectivity index (χ1n) is 7.34. The number of rotatable bonds is 1. The molecule has 2 fully saturated rings. The molecule has 1 aromatic rings. The molecule has 8 heteroatoms. The predicted molar refractivity (Wildman–Crippen MR) is 81.3 cm³/mol. The maximum Gasteiger partial charge on any atom is 0.320 e. The van der Waals surface area contributed by atoms with Gasteiger partial charge < -0.3 is 20.3 Å². The standard InChI is InChI=1S/C14H17BrN4O3/c1-6(2)19-13(21)17-11-10-8(5-14(11,19)22)18-7(12(20)16-10)3-4-9(18)15/h3-4,6,8,10-11,22H,5H2,1-2H3,(H,16,20)(H,17,21)/t8-,10-,11+,14+/m1/s1. The zero-order chi connectivity index (χ0) is 15.8. The Bertz CT molecular complexity index is 688. The van der Waals surface area contributed by atoms with E-state index in [2.05, 4.69) is 26.6 Å². The fourth-order valence-corrected chi connectivity index (χ4v) is 4.77. The SMILES string of the molecule is CC(C)N1C(=O)N[C@H]2[C@@H]3NC(=O)c4ccc(Br)n4[C@@H]3C[C@]21O. The fourth-order valence-electron chi connectivity index (χ4n) is 4.19. The molecule has 22 heavy (non-hydrogen) atoms. The maximum absolute atomic E-state index is 12.3. The molecule has 3 aliphatic rings. The summed E-state index contributed by atoms with van der Waals surface area (Å²) in [5.74, 6) is -0.187. The first-order valence-corrected chi connectivity index (χ1v) is 8.13. The molecule has 4 rings (SSSR count). The highest BCUT2D eigenvalue weighted by atomic mass is 79.9. The van der Waals surface area contributed by atoms with E-state index in [1.807, 2.05) is 24.5 Å². The zero-order valence-electron chi connectivity index (χ0n) is 12.2. The minimum absolute atomic E-state index is 0.103. The predicted octanol–water partition coefficient (Wildman–Crippen LogP) is 0.798. The number of aromatic nitrogens is 1. The van der Waals surface area contributed by atoms with E-state index in [0.717, 1.165) is 4.60 Å². The minimum atomic E-state index is -1.29. The van der Waals surface area contributed by atoms with Gasteiger partial charge in [-0.1, -0.05) is 0 Å². The van der Waals surface area contributed by atoms with Crippen LogP contribution >= 0.6 is 15.9 Å². The van der Waals surface area contributed by atoms with Gasteiger partial charge in [0.1, 0.15) is 11.7 Å². The fraction of sp³-hybridized carbons (Fsp3) is 0.571. The summed E-state index contributed by atoms with van der Waals surface area (Å²) in [6.07, 6.45) is 0.375. The highest BCUT2D eigenvalue weighted by molar-refractivity contribution is 9.10. The zero-order valence-corrected chi connectivity index (χ0v) is 13.8. The molecule has 7 nitrogen and oxygen atoms in total. The molecule has 0 spiro atoms. The lowest BCUT2D eigenvalue weighted by molar-refractivity contribution is -0.0801. The molecular formula is C14H17BrN4O3. The molecule has 3 N–H and O–H groups in total. The van der Waals surface area contributed by atoms with Crippen molar-refractivity contribution in [3.05, 3.63) is 22.4 Å². The number of fused-ring (bicyclic) bond motifs is 5. The van der Waals surface area contributed by atoms with Crippen LogP contribution in [0.15, 0.2) is 16.7 Å². The number of nitrogens with one attached hydrogen (secondary N) is 2. The molecule has 118 valence electrons. The number of hydrogen-bond donors (Lipinski definition) is 3. The Morgan fingerprint density at radius 2 is 2.09 bits per heavy atom. The van der Waals surface area contributed by atoms with Gasteiger partial charge in [0, 0.05) is 12.5 Å². The van der Waals surface area contributed by atoms with Crippen LogP contribution in [0.25, 0.3) is 0 Å². The Hall–Kier alpha value is -1.54. The van der Waals surface area contributed by atoms with E-state index in [-0.39, 0.29) is 30.1 Å². The van der Waals surface area contributed by atoms with E-state index in [9.17, 15) is 14.7 Å². The first-order chi connectivity index (χ1) is 10.3. The Labute approximate surface area is 135 Å². The van der Waals surface area contributed by atoms with E-state index in [1.54, 1.807) is 6.07 Å². The second-order valence-electron chi connectivity index (χ2n) is 6.45. The Morgan fingerprint density at radius 1 is 1.36 bits per heavy atom. The minimum Gasteiger partial charge on any atom is -0.368 e. The summed E-state index contributed by atoms with van der Waals surface area (Å²) in [7, 11) is 0. The number of carbonyl (C=O) groups excluding carboxylic acids is 2. The third-order valence-electron chi connectivity index (χ3n) is 4.94. The summed E-state index contributed by atoms with van der Waals surface area (Å²) >= 11 is 3.47. The molecule has 0 radical (unpaired) electrons. The monoisotopic (exact) mass is 368 g/mol. The molecule has 1 saturated carbocycles. The molecule has 2 aliphatic heterocycles. The van der Waals surface area contributed by atoms with Crippen LogP contribution in [-0.2, 0) is 0 Å². The smallest absolute Gasteiger partial charge is 0.320 e. The van der Waals surface area contributed by atoms with Gasteiger partial charge in [0.2, 0.25) is 0 Å². The third kappa shape index (κ3) is 1.54. The van der Waals surface area contributed by atoms with Crippen molar-refractivity contribution in [2.75, 3.05) is 0 Å². The Balaban J connectivity index is 1.81. The molecule has 3 heterocycles. The van der Waals surface area contributed by atoms with Gasteiger partial charge in [0.15, 0.2) is 5.72 Å². The molecule has 1 saturated heterocycles. The molecule has 3 amide bonds. The number of halogens is 1. The van der Waals surface area contributed by atoms with E-state index < -0.39 is 11.8 Å². The summed E-state index contributed by atoms with van der Waals surface area (Å²) < 4.78 is 2.71. The van der Waals surface area contributed by atoms with Crippen LogP contribution < -0.4 is 10.6 Å². The molecule has 0 bridgehead atoms. The van der Waals surface area contributed by atoms with E-state index >= 15 is 0 Å². The van der Waals surface area contributed by atoms with Gasteiger partial charge in [-0.05, 0) is 41.9 Å². The van der Waals surface area contributed by atoms with Crippen molar-refractivity contribution >= 4 is 27.9 Å². The summed E-state index contributed by atoms with van der Waals surface area (Å²) in [4.78, 5) is 25.9. The first kappa shape index (κ1) is 14.1. The van der Waals surface area contributed by atoms with Gasteiger partial charge in [-0.3, -0.25) is 9.69 Å². The van der Waals surface area contributed by atoms with Gasteiger partial charge in [-0.25, -0.2) is 4.79 Å². The van der Waals surface area contributed by atoms with Crippen molar-refractivity contribution in [2.24, 2.45) is 0 Å². The molecule has 0 aromatic carbocycles.